The zero-order chi connectivity index (χ0) is 15.4. The second-order valence-electron chi connectivity index (χ2n) is 5.12. The van der Waals surface area contributed by atoms with Crippen molar-refractivity contribution in [2.24, 2.45) is 0 Å². The van der Waals surface area contributed by atoms with E-state index in [1.807, 2.05) is 30.6 Å². The Bertz CT molecular complexity index is 725. The van der Waals surface area contributed by atoms with Crippen molar-refractivity contribution in [3.8, 4) is 5.75 Å². The second-order valence-corrected chi connectivity index (χ2v) is 6.03. The number of hydrogen-bond donors (Lipinski definition) is 1. The zero-order valence-corrected chi connectivity index (χ0v) is 13.2. The third-order valence-electron chi connectivity index (χ3n) is 3.69. The van der Waals surface area contributed by atoms with E-state index in [4.69, 9.17) is 10.5 Å². The van der Waals surface area contributed by atoms with Crippen LogP contribution in [0.5, 0.6) is 5.75 Å². The number of nitrogens with two attached hydrogens (primary N) is 1. The highest BCUT2D eigenvalue weighted by Crippen LogP contribution is 2.29. The van der Waals surface area contributed by atoms with Crippen molar-refractivity contribution in [3.63, 3.8) is 0 Å². The normalized spacial score (nSPS) is 12.0. The number of ether oxygens (including phenoxy) is 1. The third kappa shape index (κ3) is 3.26. The number of thiazole rings is 1. The lowest BCUT2D eigenvalue weighted by Gasteiger charge is -2.14. The first-order valence-electron chi connectivity index (χ1n) is 7.11. The molecular weight excluding hydrogens is 294 g/mol. The van der Waals surface area contributed by atoms with Crippen molar-refractivity contribution in [1.29, 1.82) is 0 Å². The number of benzene rings is 1. The van der Waals surface area contributed by atoms with Gasteiger partial charge in [-0.2, -0.15) is 0 Å². The van der Waals surface area contributed by atoms with Crippen molar-refractivity contribution in [1.82, 2.24) is 0 Å². The predicted molar refractivity (Wildman–Crippen MR) is 86.8 cm³/mol. The van der Waals surface area contributed by atoms with Gasteiger partial charge in [0.1, 0.15) is 11.4 Å². The molecule has 0 saturated heterocycles. The fourth-order valence-corrected chi connectivity index (χ4v) is 3.19. The number of aromatic nitrogens is 2. The average Bonchev–Trinajstić information content (AvgIpc) is 3.00. The molecule has 0 aliphatic carbocycles. The van der Waals surface area contributed by atoms with Crippen molar-refractivity contribution >= 4 is 16.5 Å². The highest BCUT2D eigenvalue weighted by atomic mass is 32.1. The predicted octanol–water partition coefficient (Wildman–Crippen LogP) is 2.34. The Morgan fingerprint density at radius 3 is 2.64 bits per heavy atom. The minimum atomic E-state index is 0.232. The van der Waals surface area contributed by atoms with Crippen LogP contribution in [0.1, 0.15) is 22.7 Å². The molecule has 3 aromatic rings. The molecular formula is C17H19N3OS+2. The molecule has 0 bridgehead atoms. The summed E-state index contributed by atoms with van der Waals surface area (Å²) in [6.45, 7) is 0. The number of pyridine rings is 1. The van der Waals surface area contributed by atoms with Crippen molar-refractivity contribution in [3.05, 3.63) is 71.0 Å². The summed E-state index contributed by atoms with van der Waals surface area (Å²) in [5.41, 5.74) is 9.49. The summed E-state index contributed by atoms with van der Waals surface area (Å²) in [6, 6.07) is 12.4. The van der Waals surface area contributed by atoms with Gasteiger partial charge < -0.3 is 4.74 Å². The molecule has 0 spiro atoms. The molecule has 22 heavy (non-hydrogen) atoms. The van der Waals surface area contributed by atoms with Gasteiger partial charge in [-0.15, -0.1) is 0 Å². The van der Waals surface area contributed by atoms with E-state index in [0.29, 0.717) is 0 Å². The van der Waals surface area contributed by atoms with Crippen LogP contribution in [0.3, 0.4) is 0 Å². The summed E-state index contributed by atoms with van der Waals surface area (Å²) in [7, 11) is 1.68. The maximum absolute atomic E-state index is 5.87. The molecule has 0 radical (unpaired) electrons. The van der Waals surface area contributed by atoms with Crippen LogP contribution in [-0.4, -0.2) is 7.11 Å². The molecule has 4 nitrogen and oxygen atoms in total. The molecule has 0 aliphatic rings. The minimum Gasteiger partial charge on any atom is -0.497 e. The van der Waals surface area contributed by atoms with Gasteiger partial charge in [0.25, 0.3) is 0 Å². The number of aromatic amines is 2. The largest absolute Gasteiger partial charge is 0.497 e. The number of anilines is 1. The van der Waals surface area contributed by atoms with Crippen LogP contribution >= 0.6 is 11.3 Å². The third-order valence-corrected chi connectivity index (χ3v) is 4.41. The lowest BCUT2D eigenvalue weighted by Crippen LogP contribution is -2.17. The Balaban J connectivity index is 1.94. The number of rotatable bonds is 5. The Morgan fingerprint density at radius 1 is 1.23 bits per heavy atom. The lowest BCUT2D eigenvalue weighted by molar-refractivity contribution is -0.379. The molecule has 5 heteroatoms. The standard InChI is InChI=1S/C17H17N3OS/c1-21-14-6-4-13(5-7-14)15(16-11-22-17(18)20-16)9-12-3-2-8-19-10-12/h2-8,10-11,15H,9H2,1H3,(H2,18,20)/p+2. The Kier molecular flexibility index (Phi) is 4.34. The fraction of sp³-hybridized carbons (Fsp3) is 0.176. The van der Waals surface area contributed by atoms with E-state index in [1.165, 1.54) is 22.5 Å². The molecule has 112 valence electrons. The van der Waals surface area contributed by atoms with E-state index < -0.39 is 0 Å². The van der Waals surface area contributed by atoms with Gasteiger partial charge in [-0.3, -0.25) is 5.73 Å². The van der Waals surface area contributed by atoms with E-state index >= 15 is 0 Å². The molecule has 0 amide bonds. The van der Waals surface area contributed by atoms with Gasteiger partial charge in [-0.05, 0) is 30.2 Å². The van der Waals surface area contributed by atoms with Crippen LogP contribution < -0.4 is 20.4 Å². The first kappa shape index (κ1) is 14.5. The minimum absolute atomic E-state index is 0.232. The van der Waals surface area contributed by atoms with Gasteiger partial charge in [-0.1, -0.05) is 23.5 Å². The van der Waals surface area contributed by atoms with Gasteiger partial charge >= 0.3 is 5.13 Å². The summed E-state index contributed by atoms with van der Waals surface area (Å²) >= 11 is 1.54. The SMILES string of the molecule is COc1ccc(C(Cc2ccc[nH+]c2)c2csc(N)[nH+]2)cc1. The van der Waals surface area contributed by atoms with Crippen LogP contribution in [0.25, 0.3) is 0 Å². The zero-order valence-electron chi connectivity index (χ0n) is 12.4. The Morgan fingerprint density at radius 2 is 2.05 bits per heavy atom. The molecule has 3 rings (SSSR count). The quantitative estimate of drug-likeness (QED) is 0.786. The first-order valence-corrected chi connectivity index (χ1v) is 7.99. The highest BCUT2D eigenvalue weighted by Gasteiger charge is 2.21. The summed E-state index contributed by atoms with van der Waals surface area (Å²) < 4.78 is 5.25. The van der Waals surface area contributed by atoms with Gasteiger partial charge in [0, 0.05) is 17.0 Å². The molecule has 0 saturated carbocycles. The maximum atomic E-state index is 5.87. The maximum Gasteiger partial charge on any atom is 0.329 e. The number of nitrogens with one attached hydrogen (secondary N) is 2. The monoisotopic (exact) mass is 313 g/mol. The molecule has 2 aromatic heterocycles. The van der Waals surface area contributed by atoms with Crippen molar-refractivity contribution in [2.45, 2.75) is 12.3 Å². The summed E-state index contributed by atoms with van der Waals surface area (Å²) in [4.78, 5) is 6.42. The number of nitrogen functional groups attached to an aromatic ring is 1. The van der Waals surface area contributed by atoms with Gasteiger partial charge in [0.05, 0.1) is 13.0 Å². The Hall–Kier alpha value is -2.40. The van der Waals surface area contributed by atoms with Crippen molar-refractivity contribution in [2.75, 3.05) is 12.8 Å². The molecule has 1 unspecified atom stereocenters. The van der Waals surface area contributed by atoms with E-state index in [1.54, 1.807) is 7.11 Å². The summed E-state index contributed by atoms with van der Waals surface area (Å²) in [5, 5.41) is 2.82. The van der Waals surface area contributed by atoms with E-state index in [9.17, 15) is 0 Å². The van der Waals surface area contributed by atoms with Crippen molar-refractivity contribution < 1.29 is 14.7 Å². The number of hydrogen-bond acceptors (Lipinski definition) is 3. The summed E-state index contributed by atoms with van der Waals surface area (Å²) in [5.74, 6) is 1.10. The van der Waals surface area contributed by atoms with Crippen LogP contribution in [-0.2, 0) is 6.42 Å². The highest BCUT2D eigenvalue weighted by molar-refractivity contribution is 7.13. The molecule has 0 fully saturated rings. The average molecular weight is 313 g/mol. The molecule has 2 heterocycles. The smallest absolute Gasteiger partial charge is 0.329 e. The number of H-pyrrole nitrogens is 2. The number of methoxy groups -OCH3 is 1. The van der Waals surface area contributed by atoms with Crippen LogP contribution in [0.2, 0.25) is 0 Å². The molecule has 0 aliphatic heterocycles. The topological polar surface area (TPSA) is 63.5 Å². The van der Waals surface area contributed by atoms with Gasteiger partial charge in [0.15, 0.2) is 12.4 Å². The first-order chi connectivity index (χ1) is 10.8. The van der Waals surface area contributed by atoms with Crippen LogP contribution in [0.4, 0.5) is 5.13 Å². The van der Waals surface area contributed by atoms with E-state index in [2.05, 4.69) is 33.5 Å². The van der Waals surface area contributed by atoms with E-state index in [0.717, 1.165) is 23.0 Å². The lowest BCUT2D eigenvalue weighted by atomic mass is 9.90. The van der Waals surface area contributed by atoms with Gasteiger partial charge in [0.2, 0.25) is 0 Å². The van der Waals surface area contributed by atoms with Crippen LogP contribution in [0.15, 0.2) is 54.2 Å². The summed E-state index contributed by atoms with van der Waals surface area (Å²) in [6.07, 6.45) is 4.85. The molecule has 1 aromatic carbocycles. The second kappa shape index (κ2) is 6.58. The van der Waals surface area contributed by atoms with E-state index in [-0.39, 0.29) is 5.92 Å². The molecule has 1 atom stereocenters. The fourth-order valence-electron chi connectivity index (χ4n) is 2.53. The van der Waals surface area contributed by atoms with Gasteiger partial charge in [-0.25, -0.2) is 9.97 Å². The Labute approximate surface area is 133 Å². The van der Waals surface area contributed by atoms with Crippen LogP contribution in [0, 0.1) is 0 Å². The molecule has 4 N–H and O–H groups in total.